The van der Waals surface area contributed by atoms with E-state index in [0.717, 1.165) is 42.6 Å². The van der Waals surface area contributed by atoms with E-state index >= 15 is 0 Å². The minimum atomic E-state index is -0.448. The van der Waals surface area contributed by atoms with Crippen molar-refractivity contribution in [2.24, 2.45) is 5.92 Å². The van der Waals surface area contributed by atoms with Crippen molar-refractivity contribution in [3.63, 3.8) is 0 Å². The first-order valence-corrected chi connectivity index (χ1v) is 8.08. The van der Waals surface area contributed by atoms with E-state index in [1.807, 2.05) is 26.0 Å². The molecule has 0 aromatic heterocycles. The van der Waals surface area contributed by atoms with E-state index in [1.165, 1.54) is 0 Å². The first kappa shape index (κ1) is 16.8. The van der Waals surface area contributed by atoms with Crippen molar-refractivity contribution < 1.29 is 14.6 Å². The lowest BCUT2D eigenvalue weighted by atomic mass is 9.77. The van der Waals surface area contributed by atoms with Crippen molar-refractivity contribution in [3.8, 4) is 5.75 Å². The molecule has 0 aliphatic heterocycles. The lowest BCUT2D eigenvalue weighted by Crippen LogP contribution is -2.44. The highest BCUT2D eigenvalue weighted by atomic mass is 16.5. The molecule has 122 valence electrons. The van der Waals surface area contributed by atoms with Gasteiger partial charge in [0.15, 0.2) is 0 Å². The fourth-order valence-electron chi connectivity index (χ4n) is 3.24. The molecule has 2 rings (SSSR count). The smallest absolute Gasteiger partial charge is 0.230 e. The minimum Gasteiger partial charge on any atom is -0.496 e. The Morgan fingerprint density at radius 1 is 1.41 bits per heavy atom. The Kier molecular flexibility index (Phi) is 5.46. The number of carbonyl (C=O) groups is 1. The van der Waals surface area contributed by atoms with Crippen LogP contribution in [0.4, 0.5) is 0 Å². The molecule has 1 aliphatic rings. The SMILES string of the molecule is COc1cc(C2(C(=O)NCC(C)CO)CCCC2)ccc1C. The van der Waals surface area contributed by atoms with Gasteiger partial charge in [-0.2, -0.15) is 0 Å². The molecule has 0 heterocycles. The van der Waals surface area contributed by atoms with Gasteiger partial charge in [-0.3, -0.25) is 4.79 Å². The number of hydrogen-bond acceptors (Lipinski definition) is 3. The monoisotopic (exact) mass is 305 g/mol. The minimum absolute atomic E-state index is 0.0787. The Balaban J connectivity index is 2.26. The molecule has 1 aromatic carbocycles. The van der Waals surface area contributed by atoms with Crippen LogP contribution in [0.1, 0.15) is 43.7 Å². The molecule has 2 N–H and O–H groups in total. The molecule has 1 fully saturated rings. The summed E-state index contributed by atoms with van der Waals surface area (Å²) in [6.07, 6.45) is 3.88. The zero-order valence-electron chi connectivity index (χ0n) is 13.8. The number of aliphatic hydroxyl groups excluding tert-OH is 1. The van der Waals surface area contributed by atoms with Gasteiger partial charge in [0.25, 0.3) is 0 Å². The van der Waals surface area contributed by atoms with Crippen molar-refractivity contribution in [2.75, 3.05) is 20.3 Å². The van der Waals surface area contributed by atoms with Crippen LogP contribution in [0.15, 0.2) is 18.2 Å². The maximum Gasteiger partial charge on any atom is 0.230 e. The normalized spacial score (nSPS) is 18.0. The molecular formula is C18H27NO3. The van der Waals surface area contributed by atoms with E-state index in [9.17, 15) is 4.79 Å². The number of methoxy groups -OCH3 is 1. The zero-order valence-corrected chi connectivity index (χ0v) is 13.8. The third kappa shape index (κ3) is 3.27. The number of ether oxygens (including phenoxy) is 1. The highest BCUT2D eigenvalue weighted by Gasteiger charge is 2.42. The van der Waals surface area contributed by atoms with Gasteiger partial charge in [-0.1, -0.05) is 31.9 Å². The van der Waals surface area contributed by atoms with E-state index < -0.39 is 5.41 Å². The average molecular weight is 305 g/mol. The fraction of sp³-hybridized carbons (Fsp3) is 0.611. The number of hydrogen-bond donors (Lipinski definition) is 2. The Morgan fingerprint density at radius 3 is 2.68 bits per heavy atom. The van der Waals surface area contributed by atoms with Gasteiger partial charge < -0.3 is 15.2 Å². The number of carbonyl (C=O) groups excluding carboxylic acids is 1. The summed E-state index contributed by atoms with van der Waals surface area (Å²) in [7, 11) is 1.66. The molecule has 4 nitrogen and oxygen atoms in total. The predicted molar refractivity (Wildman–Crippen MR) is 87.1 cm³/mol. The highest BCUT2D eigenvalue weighted by Crippen LogP contribution is 2.42. The molecule has 1 aliphatic carbocycles. The van der Waals surface area contributed by atoms with Gasteiger partial charge in [0.2, 0.25) is 5.91 Å². The van der Waals surface area contributed by atoms with Crippen LogP contribution >= 0.6 is 0 Å². The molecule has 1 amide bonds. The number of aliphatic hydroxyl groups is 1. The topological polar surface area (TPSA) is 58.6 Å². The molecule has 0 saturated heterocycles. The summed E-state index contributed by atoms with van der Waals surface area (Å²) in [5.41, 5.74) is 1.67. The third-order valence-electron chi connectivity index (χ3n) is 4.78. The van der Waals surface area contributed by atoms with Crippen LogP contribution in [-0.2, 0) is 10.2 Å². The zero-order chi connectivity index (χ0) is 16.2. The number of nitrogens with one attached hydrogen (secondary N) is 1. The van der Waals surface area contributed by atoms with Crippen molar-refractivity contribution in [1.29, 1.82) is 0 Å². The summed E-state index contributed by atoms with van der Waals surface area (Å²) in [6.45, 7) is 4.54. The van der Waals surface area contributed by atoms with Crippen LogP contribution in [0.2, 0.25) is 0 Å². The summed E-state index contributed by atoms with van der Waals surface area (Å²) in [5.74, 6) is 0.992. The lowest BCUT2D eigenvalue weighted by molar-refractivity contribution is -0.126. The lowest BCUT2D eigenvalue weighted by Gasteiger charge is -2.29. The number of benzene rings is 1. The van der Waals surface area contributed by atoms with Crippen molar-refractivity contribution in [3.05, 3.63) is 29.3 Å². The molecule has 1 atom stereocenters. The number of rotatable bonds is 6. The standard InChI is InChI=1S/C18H27NO3/c1-13(12-20)11-19-17(21)18(8-4-5-9-18)15-7-6-14(2)16(10-15)22-3/h6-7,10,13,20H,4-5,8-9,11-12H2,1-3H3,(H,19,21). The third-order valence-corrected chi connectivity index (χ3v) is 4.78. The van der Waals surface area contributed by atoms with E-state index in [-0.39, 0.29) is 18.4 Å². The predicted octanol–water partition coefficient (Wildman–Crippen LogP) is 2.56. The van der Waals surface area contributed by atoms with Crippen molar-refractivity contribution in [2.45, 2.75) is 44.9 Å². The molecule has 4 heteroatoms. The second kappa shape index (κ2) is 7.14. The highest BCUT2D eigenvalue weighted by molar-refractivity contribution is 5.88. The Hall–Kier alpha value is -1.55. The average Bonchev–Trinajstić information content (AvgIpc) is 3.03. The molecule has 1 aromatic rings. The van der Waals surface area contributed by atoms with E-state index in [4.69, 9.17) is 9.84 Å². The molecule has 1 unspecified atom stereocenters. The first-order valence-electron chi connectivity index (χ1n) is 8.08. The van der Waals surface area contributed by atoms with Gasteiger partial charge in [-0.05, 0) is 42.9 Å². The summed E-state index contributed by atoms with van der Waals surface area (Å²) in [4.78, 5) is 12.8. The summed E-state index contributed by atoms with van der Waals surface area (Å²) < 4.78 is 5.42. The largest absolute Gasteiger partial charge is 0.496 e. The van der Waals surface area contributed by atoms with Crippen LogP contribution in [0.25, 0.3) is 0 Å². The number of amides is 1. The maximum atomic E-state index is 12.8. The summed E-state index contributed by atoms with van der Waals surface area (Å²) in [5, 5.41) is 12.2. The molecular weight excluding hydrogens is 278 g/mol. The van der Waals surface area contributed by atoms with Crippen molar-refractivity contribution in [1.82, 2.24) is 5.32 Å². The van der Waals surface area contributed by atoms with Gasteiger partial charge in [-0.15, -0.1) is 0 Å². The quantitative estimate of drug-likeness (QED) is 0.849. The maximum absolute atomic E-state index is 12.8. The van der Waals surface area contributed by atoms with E-state index in [2.05, 4.69) is 11.4 Å². The van der Waals surface area contributed by atoms with E-state index in [1.54, 1.807) is 7.11 Å². The van der Waals surface area contributed by atoms with Crippen LogP contribution in [0, 0.1) is 12.8 Å². The first-order chi connectivity index (χ1) is 10.5. The van der Waals surface area contributed by atoms with Crippen LogP contribution in [0.5, 0.6) is 5.75 Å². The van der Waals surface area contributed by atoms with Gasteiger partial charge in [0, 0.05) is 13.2 Å². The number of aryl methyl sites for hydroxylation is 1. The van der Waals surface area contributed by atoms with Crippen LogP contribution < -0.4 is 10.1 Å². The second-order valence-corrected chi connectivity index (χ2v) is 6.47. The van der Waals surface area contributed by atoms with Gasteiger partial charge in [0.05, 0.1) is 12.5 Å². The summed E-state index contributed by atoms with van der Waals surface area (Å²) in [6, 6.07) is 6.09. The molecule has 0 bridgehead atoms. The van der Waals surface area contributed by atoms with Gasteiger partial charge in [0.1, 0.15) is 5.75 Å². The Labute approximate surface area is 132 Å². The van der Waals surface area contributed by atoms with Gasteiger partial charge >= 0.3 is 0 Å². The molecule has 1 saturated carbocycles. The molecule has 0 spiro atoms. The van der Waals surface area contributed by atoms with E-state index in [0.29, 0.717) is 6.54 Å². The fourth-order valence-corrected chi connectivity index (χ4v) is 3.24. The Morgan fingerprint density at radius 2 is 2.09 bits per heavy atom. The molecule has 0 radical (unpaired) electrons. The van der Waals surface area contributed by atoms with Crippen molar-refractivity contribution >= 4 is 5.91 Å². The molecule has 22 heavy (non-hydrogen) atoms. The van der Waals surface area contributed by atoms with Crippen LogP contribution in [-0.4, -0.2) is 31.3 Å². The van der Waals surface area contributed by atoms with Crippen LogP contribution in [0.3, 0.4) is 0 Å². The van der Waals surface area contributed by atoms with Gasteiger partial charge in [-0.25, -0.2) is 0 Å². The Bertz CT molecular complexity index is 521. The summed E-state index contributed by atoms with van der Waals surface area (Å²) >= 11 is 0. The second-order valence-electron chi connectivity index (χ2n) is 6.47.